The minimum atomic E-state index is -4.65. The van der Waals surface area contributed by atoms with Crippen LogP contribution in [0.3, 0.4) is 0 Å². The van der Waals surface area contributed by atoms with Gasteiger partial charge in [0.25, 0.3) is 0 Å². The third-order valence-corrected chi connectivity index (χ3v) is 4.65. The fourth-order valence-corrected chi connectivity index (χ4v) is 3.22. The minimum absolute atomic E-state index is 0.0412. The molecule has 0 aliphatic carbocycles. The minimum Gasteiger partial charge on any atom is -0.374 e. The normalized spacial score (nSPS) is 12.5. The fourth-order valence-electron chi connectivity index (χ4n) is 2.09. The number of para-hydroxylation sites is 1. The molecule has 10 heteroatoms. The van der Waals surface area contributed by atoms with E-state index in [0.29, 0.717) is 4.34 Å². The molecule has 1 aromatic heterocycles. The molecule has 0 radical (unpaired) electrons. The summed E-state index contributed by atoms with van der Waals surface area (Å²) in [6, 6.07) is 7.77. The molecule has 0 spiro atoms. The average molecular weight is 407 g/mol. The van der Waals surface area contributed by atoms with Gasteiger partial charge in [0.05, 0.1) is 15.6 Å². The highest BCUT2D eigenvalue weighted by atomic mass is 35.5. The van der Waals surface area contributed by atoms with Crippen LogP contribution in [0, 0.1) is 0 Å². The van der Waals surface area contributed by atoms with Gasteiger partial charge in [-0.15, -0.1) is 11.3 Å². The van der Waals surface area contributed by atoms with E-state index in [2.05, 4.69) is 5.32 Å². The highest BCUT2D eigenvalue weighted by Crippen LogP contribution is 2.34. The van der Waals surface area contributed by atoms with Crippen LogP contribution in [-0.2, 0) is 20.5 Å². The maximum absolute atomic E-state index is 12.9. The molecule has 140 valence electrons. The Kier molecular flexibility index (Phi) is 6.63. The van der Waals surface area contributed by atoms with Gasteiger partial charge < -0.3 is 15.4 Å². The Hall–Kier alpha value is -2.10. The number of carbonyl (C=O) groups is 2. The number of alkyl halides is 3. The smallest absolute Gasteiger partial charge is 0.374 e. The number of ether oxygens (including phenoxy) is 1. The molecule has 2 rings (SSSR count). The number of nitrogens with one attached hydrogen (secondary N) is 2. The molecular formula is C16H14ClF3N2O3S. The number of thiophene rings is 1. The molecule has 26 heavy (non-hydrogen) atoms. The first-order valence-electron chi connectivity index (χ1n) is 7.25. The summed E-state index contributed by atoms with van der Waals surface area (Å²) in [6.07, 6.45) is -5.19. The first kappa shape index (κ1) is 20.2. The number of amides is 2. The van der Waals surface area contributed by atoms with Crippen molar-refractivity contribution in [1.29, 1.82) is 0 Å². The summed E-state index contributed by atoms with van der Waals surface area (Å²) in [7, 11) is 1.42. The first-order chi connectivity index (χ1) is 12.2. The number of hydrogen-bond acceptors (Lipinski definition) is 4. The molecule has 0 unspecified atom stereocenters. The zero-order chi connectivity index (χ0) is 19.3. The summed E-state index contributed by atoms with van der Waals surface area (Å²) in [5.74, 6) is -2.28. The Morgan fingerprint density at radius 2 is 1.88 bits per heavy atom. The maximum Gasteiger partial charge on any atom is 0.418 e. The van der Waals surface area contributed by atoms with Gasteiger partial charge in [0, 0.05) is 18.5 Å². The lowest BCUT2D eigenvalue weighted by molar-refractivity contribution is -0.138. The van der Waals surface area contributed by atoms with Gasteiger partial charge in [-0.25, -0.2) is 0 Å². The molecule has 2 N–H and O–H groups in total. The molecule has 2 amide bonds. The number of carbonyl (C=O) groups excluding carboxylic acids is 2. The van der Waals surface area contributed by atoms with Crippen LogP contribution in [0.5, 0.6) is 0 Å². The van der Waals surface area contributed by atoms with Crippen molar-refractivity contribution in [3.8, 4) is 0 Å². The van der Waals surface area contributed by atoms with Gasteiger partial charge in [-0.2, -0.15) is 13.2 Å². The van der Waals surface area contributed by atoms with E-state index in [4.69, 9.17) is 16.3 Å². The molecule has 5 nitrogen and oxygen atoms in total. The zero-order valence-electron chi connectivity index (χ0n) is 13.4. The van der Waals surface area contributed by atoms with Crippen LogP contribution >= 0.6 is 22.9 Å². The van der Waals surface area contributed by atoms with E-state index in [9.17, 15) is 22.8 Å². The predicted molar refractivity (Wildman–Crippen MR) is 92.2 cm³/mol. The van der Waals surface area contributed by atoms with Crippen molar-refractivity contribution in [2.24, 2.45) is 0 Å². The number of hydrogen-bond donors (Lipinski definition) is 2. The number of benzene rings is 1. The Morgan fingerprint density at radius 1 is 1.19 bits per heavy atom. The second-order valence-corrected chi connectivity index (χ2v) is 6.82. The third kappa shape index (κ3) is 5.20. The van der Waals surface area contributed by atoms with Gasteiger partial charge in [-0.05, 0) is 24.3 Å². The Morgan fingerprint density at radius 3 is 2.46 bits per heavy atom. The summed E-state index contributed by atoms with van der Waals surface area (Å²) in [4.78, 5) is 24.5. The molecule has 0 bridgehead atoms. The van der Waals surface area contributed by atoms with E-state index < -0.39 is 35.3 Å². The van der Waals surface area contributed by atoms with E-state index in [1.165, 1.54) is 30.6 Å². The Bertz CT molecular complexity index is 795. The Labute approximate surface area is 156 Å². The zero-order valence-corrected chi connectivity index (χ0v) is 15.0. The van der Waals surface area contributed by atoms with Gasteiger partial charge >= 0.3 is 18.0 Å². The number of halogens is 4. The van der Waals surface area contributed by atoms with Gasteiger partial charge in [0.2, 0.25) is 0 Å². The van der Waals surface area contributed by atoms with E-state index in [1.54, 1.807) is 12.1 Å². The molecular weight excluding hydrogens is 393 g/mol. The van der Waals surface area contributed by atoms with Crippen molar-refractivity contribution in [2.45, 2.75) is 12.3 Å². The lowest BCUT2D eigenvalue weighted by Gasteiger charge is -2.15. The Balaban J connectivity index is 1.99. The fraction of sp³-hybridized carbons (Fsp3) is 0.250. The van der Waals surface area contributed by atoms with Crippen molar-refractivity contribution in [3.63, 3.8) is 0 Å². The number of anilines is 1. The summed E-state index contributed by atoms with van der Waals surface area (Å²) >= 11 is 7.09. The average Bonchev–Trinajstić information content (AvgIpc) is 3.01. The van der Waals surface area contributed by atoms with Gasteiger partial charge in [-0.3, -0.25) is 9.59 Å². The highest BCUT2D eigenvalue weighted by Gasteiger charge is 2.34. The molecule has 0 aliphatic rings. The number of rotatable bonds is 5. The summed E-state index contributed by atoms with van der Waals surface area (Å²) < 4.78 is 44.5. The molecule has 1 aromatic carbocycles. The van der Waals surface area contributed by atoms with Crippen molar-refractivity contribution in [2.75, 3.05) is 19.0 Å². The lowest BCUT2D eigenvalue weighted by atomic mass is 10.1. The first-order valence-corrected chi connectivity index (χ1v) is 8.45. The maximum atomic E-state index is 12.9. The summed E-state index contributed by atoms with van der Waals surface area (Å²) in [6.45, 7) is -0.0412. The van der Waals surface area contributed by atoms with Crippen molar-refractivity contribution in [3.05, 3.63) is 51.2 Å². The quantitative estimate of drug-likeness (QED) is 0.741. The molecule has 1 atom stereocenters. The summed E-state index contributed by atoms with van der Waals surface area (Å²) in [5, 5.41) is 4.30. The SMILES string of the molecule is CO[C@@H](CNC(=O)C(=O)Nc1ccccc1C(F)(F)F)c1ccc(Cl)s1. The second kappa shape index (κ2) is 8.52. The van der Waals surface area contributed by atoms with E-state index in [1.807, 2.05) is 5.32 Å². The molecule has 0 fully saturated rings. The standard InChI is InChI=1S/C16H14ClF3N2O3S/c1-25-11(12-6-7-13(17)26-12)8-21-14(23)15(24)22-10-5-3-2-4-9(10)16(18,19)20/h2-7,11H,8H2,1H3,(H,21,23)(H,22,24)/t11-/m0/s1. The van der Waals surface area contributed by atoms with Crippen LogP contribution < -0.4 is 10.6 Å². The molecule has 2 aromatic rings. The lowest BCUT2D eigenvalue weighted by Crippen LogP contribution is -2.38. The highest BCUT2D eigenvalue weighted by molar-refractivity contribution is 7.16. The van der Waals surface area contributed by atoms with E-state index >= 15 is 0 Å². The van der Waals surface area contributed by atoms with Crippen LogP contribution in [0.15, 0.2) is 36.4 Å². The third-order valence-electron chi connectivity index (χ3n) is 3.33. The number of methoxy groups -OCH3 is 1. The molecule has 0 aliphatic heterocycles. The molecule has 0 saturated carbocycles. The second-order valence-electron chi connectivity index (χ2n) is 5.07. The van der Waals surface area contributed by atoms with Crippen LogP contribution in [0.2, 0.25) is 4.34 Å². The van der Waals surface area contributed by atoms with Crippen LogP contribution in [0.4, 0.5) is 18.9 Å². The molecule has 1 heterocycles. The van der Waals surface area contributed by atoms with Crippen molar-refractivity contribution >= 4 is 40.4 Å². The largest absolute Gasteiger partial charge is 0.418 e. The van der Waals surface area contributed by atoms with Gasteiger partial charge in [0.15, 0.2) is 0 Å². The van der Waals surface area contributed by atoms with Crippen LogP contribution in [0.1, 0.15) is 16.5 Å². The predicted octanol–water partition coefficient (Wildman–Crippen LogP) is 3.86. The monoisotopic (exact) mass is 406 g/mol. The van der Waals surface area contributed by atoms with E-state index in [0.717, 1.165) is 17.0 Å². The van der Waals surface area contributed by atoms with Crippen molar-refractivity contribution < 1.29 is 27.5 Å². The van der Waals surface area contributed by atoms with Gasteiger partial charge in [0.1, 0.15) is 6.10 Å². The van der Waals surface area contributed by atoms with Gasteiger partial charge in [-0.1, -0.05) is 23.7 Å². The molecule has 0 saturated heterocycles. The topological polar surface area (TPSA) is 67.4 Å². The van der Waals surface area contributed by atoms with Crippen LogP contribution in [-0.4, -0.2) is 25.5 Å². The summed E-state index contributed by atoms with van der Waals surface area (Å²) in [5.41, 5.74) is -1.53. The van der Waals surface area contributed by atoms with E-state index in [-0.39, 0.29) is 6.54 Å². The van der Waals surface area contributed by atoms with Crippen molar-refractivity contribution in [1.82, 2.24) is 5.32 Å². The van der Waals surface area contributed by atoms with Crippen LogP contribution in [0.25, 0.3) is 0 Å².